The van der Waals surface area contributed by atoms with E-state index in [1.54, 1.807) is 0 Å². The van der Waals surface area contributed by atoms with E-state index < -0.39 is 42.3 Å². The molecule has 3 aromatic carbocycles. The van der Waals surface area contributed by atoms with Crippen molar-refractivity contribution in [2.75, 3.05) is 28.4 Å². The second-order valence-electron chi connectivity index (χ2n) is 7.96. The molecule has 0 atom stereocenters. The number of methoxy groups -OCH3 is 4. The molecule has 3 rings (SSSR count). The molecule has 0 saturated heterocycles. The van der Waals surface area contributed by atoms with Gasteiger partial charge in [-0.25, -0.2) is 19.2 Å². The highest BCUT2D eigenvalue weighted by molar-refractivity contribution is 7.99. The summed E-state index contributed by atoms with van der Waals surface area (Å²) in [6, 6.07) is 27.4. The summed E-state index contributed by atoms with van der Waals surface area (Å²) in [5, 5.41) is 1.91. The third kappa shape index (κ3) is 5.81. The lowest BCUT2D eigenvalue weighted by Gasteiger charge is -2.29. The molecule has 39 heavy (non-hydrogen) atoms. The lowest BCUT2D eigenvalue weighted by molar-refractivity contribution is -0.141. The third-order valence-electron chi connectivity index (χ3n) is 5.91. The number of ether oxygens (including phenoxy) is 4. The summed E-state index contributed by atoms with van der Waals surface area (Å²) in [6.07, 6.45) is 0.802. The molecule has 200 valence electrons. The molecule has 0 spiro atoms. The monoisotopic (exact) mass is 547 g/mol. The number of esters is 4. The maximum atomic E-state index is 14.0. The molecule has 3 aromatic rings. The summed E-state index contributed by atoms with van der Waals surface area (Å²) in [6.45, 7) is 0. The van der Waals surface area contributed by atoms with Gasteiger partial charge in [0, 0.05) is 6.08 Å². The highest BCUT2D eigenvalue weighted by Gasteiger charge is 2.56. The average molecular weight is 548 g/mol. The van der Waals surface area contributed by atoms with Crippen molar-refractivity contribution in [3.63, 3.8) is 0 Å². The number of hydrogen-bond acceptors (Lipinski definition) is 8. The zero-order valence-corrected chi connectivity index (χ0v) is 22.8. The third-order valence-corrected chi connectivity index (χ3v) is 10.2. The molecule has 0 bridgehead atoms. The van der Waals surface area contributed by atoms with Crippen LogP contribution in [0.5, 0.6) is 0 Å². The van der Waals surface area contributed by atoms with Gasteiger partial charge in [-0.05, 0) is 36.4 Å². The zero-order valence-electron chi connectivity index (χ0n) is 22.0. The van der Waals surface area contributed by atoms with Crippen molar-refractivity contribution in [2.45, 2.75) is 0 Å². The molecule has 0 aromatic heterocycles. The van der Waals surface area contributed by atoms with Gasteiger partial charge < -0.3 is 18.9 Å². The Morgan fingerprint density at radius 3 is 1.26 bits per heavy atom. The minimum atomic E-state index is -3.31. The maximum Gasteiger partial charge on any atom is 0.375 e. The van der Waals surface area contributed by atoms with Crippen molar-refractivity contribution in [3.05, 3.63) is 114 Å². The second-order valence-corrected chi connectivity index (χ2v) is 11.3. The van der Waals surface area contributed by atoms with Gasteiger partial charge in [0.25, 0.3) is 0 Å². The van der Waals surface area contributed by atoms with Crippen LogP contribution in [0, 0.1) is 0 Å². The van der Waals surface area contributed by atoms with E-state index in [2.05, 4.69) is 0 Å². The molecule has 9 heteroatoms. The first-order chi connectivity index (χ1) is 18.9. The molecule has 0 aliphatic rings. The quantitative estimate of drug-likeness (QED) is 0.132. The van der Waals surface area contributed by atoms with E-state index in [0.717, 1.165) is 27.4 Å². The molecule has 0 N–H and O–H groups in total. The Morgan fingerprint density at radius 1 is 0.538 bits per heavy atom. The Kier molecular flexibility index (Phi) is 9.90. The van der Waals surface area contributed by atoms with Crippen molar-refractivity contribution >= 4 is 47.1 Å². The van der Waals surface area contributed by atoms with Gasteiger partial charge in [0.2, 0.25) is 5.31 Å². The van der Waals surface area contributed by atoms with Crippen LogP contribution in [-0.4, -0.2) is 52.3 Å². The van der Waals surface area contributed by atoms with E-state index >= 15 is 0 Å². The maximum absolute atomic E-state index is 14.0. The Balaban J connectivity index is 2.75. The van der Waals surface area contributed by atoms with Gasteiger partial charge in [0.05, 0.1) is 34.0 Å². The van der Waals surface area contributed by atoms with E-state index in [1.807, 2.05) is 91.0 Å². The fraction of sp³-hybridized carbons (Fsp3) is 0.133. The SMILES string of the molecule is COC(=O)C=C(C(=O)OC)/C(C(=O)OC)=C(/C(=O)OC)[P+](c1ccccc1)(c1ccccc1)c1ccccc1. The normalized spacial score (nSPS) is 12.1. The topological polar surface area (TPSA) is 105 Å². The fourth-order valence-electron chi connectivity index (χ4n) is 4.25. The zero-order chi connectivity index (χ0) is 28.4. The summed E-state index contributed by atoms with van der Waals surface area (Å²) in [5.41, 5.74) is -0.977. The van der Waals surface area contributed by atoms with Crippen molar-refractivity contribution in [3.8, 4) is 0 Å². The Labute approximate surface area is 227 Å². The first kappa shape index (κ1) is 29.0. The molecule has 8 nitrogen and oxygen atoms in total. The first-order valence-corrected chi connectivity index (χ1v) is 13.5. The molecule has 0 amide bonds. The van der Waals surface area contributed by atoms with Gasteiger partial charge in [0.1, 0.15) is 21.5 Å². The van der Waals surface area contributed by atoms with Gasteiger partial charge in [-0.15, -0.1) is 0 Å². The standard InChI is InChI=1S/C30H28O8P/c1-35-25(31)20-24(28(32)36-2)26(29(33)37-3)27(30(34)38-4)39(21-14-8-5-9-15-21,22-16-10-6-11-17-22)23-18-12-7-13-19-23/h5-20H,1-4H3/q+1/b24-20?,27-26+. The van der Waals surface area contributed by atoms with Gasteiger partial charge in [0.15, 0.2) is 7.26 Å². The molecular weight excluding hydrogens is 519 g/mol. The van der Waals surface area contributed by atoms with E-state index in [9.17, 15) is 19.2 Å². The minimum absolute atomic E-state index is 0.152. The van der Waals surface area contributed by atoms with Gasteiger partial charge in [-0.1, -0.05) is 54.6 Å². The summed E-state index contributed by atoms with van der Waals surface area (Å²) in [4.78, 5) is 53.0. The van der Waals surface area contributed by atoms with Crippen LogP contribution in [-0.2, 0) is 38.1 Å². The summed E-state index contributed by atoms with van der Waals surface area (Å²) in [7, 11) is 1.18. The fourth-order valence-corrected chi connectivity index (χ4v) is 8.69. The largest absolute Gasteiger partial charge is 0.466 e. The molecule has 0 unspecified atom stereocenters. The van der Waals surface area contributed by atoms with Crippen LogP contribution >= 0.6 is 7.26 Å². The van der Waals surface area contributed by atoms with Crippen LogP contribution in [0.3, 0.4) is 0 Å². The lowest BCUT2D eigenvalue weighted by Crippen LogP contribution is -2.37. The molecule has 0 fully saturated rings. The van der Waals surface area contributed by atoms with Gasteiger partial charge in [-0.2, -0.15) is 0 Å². The lowest BCUT2D eigenvalue weighted by atomic mass is 10.0. The summed E-state index contributed by atoms with van der Waals surface area (Å²) in [5.74, 6) is -3.92. The Morgan fingerprint density at radius 2 is 0.923 bits per heavy atom. The first-order valence-electron chi connectivity index (χ1n) is 11.7. The number of rotatable bonds is 9. The van der Waals surface area contributed by atoms with E-state index in [4.69, 9.17) is 18.9 Å². The van der Waals surface area contributed by atoms with Crippen LogP contribution in [0.4, 0.5) is 0 Å². The summed E-state index contributed by atoms with van der Waals surface area (Å²) < 4.78 is 20.0. The summed E-state index contributed by atoms with van der Waals surface area (Å²) >= 11 is 0. The smallest absolute Gasteiger partial charge is 0.375 e. The van der Waals surface area contributed by atoms with Crippen molar-refractivity contribution < 1.29 is 38.1 Å². The second kappa shape index (κ2) is 13.3. The average Bonchev–Trinajstić information content (AvgIpc) is 3.00. The van der Waals surface area contributed by atoms with Crippen LogP contribution < -0.4 is 15.9 Å². The van der Waals surface area contributed by atoms with Crippen LogP contribution in [0.2, 0.25) is 0 Å². The van der Waals surface area contributed by atoms with Crippen molar-refractivity contribution in [2.24, 2.45) is 0 Å². The molecular formula is C30H28O8P+. The van der Waals surface area contributed by atoms with E-state index in [0.29, 0.717) is 15.9 Å². The molecule has 0 radical (unpaired) electrons. The van der Waals surface area contributed by atoms with Crippen molar-refractivity contribution in [1.29, 1.82) is 0 Å². The predicted molar refractivity (Wildman–Crippen MR) is 148 cm³/mol. The Hall–Kier alpha value is -4.55. The molecule has 0 heterocycles. The number of carbonyl (C=O) groups is 4. The number of hydrogen-bond donors (Lipinski definition) is 0. The van der Waals surface area contributed by atoms with Crippen molar-refractivity contribution in [1.82, 2.24) is 0 Å². The predicted octanol–water partition coefficient (Wildman–Crippen LogP) is 2.85. The highest BCUT2D eigenvalue weighted by atomic mass is 31.2. The van der Waals surface area contributed by atoms with Gasteiger partial charge in [-0.3, -0.25) is 0 Å². The highest BCUT2D eigenvalue weighted by Crippen LogP contribution is 2.64. The molecule has 0 saturated carbocycles. The van der Waals surface area contributed by atoms with E-state index in [1.165, 1.54) is 7.11 Å². The van der Waals surface area contributed by atoms with Gasteiger partial charge >= 0.3 is 23.9 Å². The Bertz CT molecular complexity index is 1300. The van der Waals surface area contributed by atoms with Crippen LogP contribution in [0.1, 0.15) is 0 Å². The molecule has 0 aliphatic heterocycles. The minimum Gasteiger partial charge on any atom is -0.466 e. The number of carbonyl (C=O) groups excluding carboxylic acids is 4. The van der Waals surface area contributed by atoms with Crippen LogP contribution in [0.15, 0.2) is 114 Å². The molecule has 0 aliphatic carbocycles. The number of benzene rings is 3. The van der Waals surface area contributed by atoms with E-state index in [-0.39, 0.29) is 5.31 Å². The van der Waals surface area contributed by atoms with Crippen LogP contribution in [0.25, 0.3) is 0 Å².